The summed E-state index contributed by atoms with van der Waals surface area (Å²) in [5.74, 6) is 0.581. The third-order valence-corrected chi connectivity index (χ3v) is 5.39. The molecule has 0 unspecified atom stereocenters. The van der Waals surface area contributed by atoms with Crippen molar-refractivity contribution in [3.8, 4) is 17.1 Å². The van der Waals surface area contributed by atoms with E-state index in [0.717, 1.165) is 37.4 Å². The van der Waals surface area contributed by atoms with Gasteiger partial charge in [0.15, 0.2) is 0 Å². The minimum absolute atomic E-state index is 0.00193. The number of furan rings is 1. The van der Waals surface area contributed by atoms with E-state index in [4.69, 9.17) is 9.15 Å². The Morgan fingerprint density at radius 3 is 2.47 bits per heavy atom. The largest absolute Gasteiger partial charge is 0.489 e. The number of piperidine rings is 1. The summed E-state index contributed by atoms with van der Waals surface area (Å²) in [5, 5.41) is 3.38. The highest BCUT2D eigenvalue weighted by Gasteiger charge is 2.25. The molecule has 0 bridgehead atoms. The molecule has 0 saturated carbocycles. The summed E-state index contributed by atoms with van der Waals surface area (Å²) < 4.78 is 25.7. The number of carbonyl (C=O) groups excluding carboxylic acids is 1. The molecular weight excluding hydrogens is 383 g/mol. The molecule has 158 valence electrons. The molecule has 1 aliphatic rings. The smallest absolute Gasteiger partial charge is 0.255 e. The number of nitrogens with one attached hydrogen (secondary N) is 1. The van der Waals surface area contributed by atoms with Gasteiger partial charge >= 0.3 is 0 Å². The number of anilines is 1. The summed E-state index contributed by atoms with van der Waals surface area (Å²) in [7, 11) is 1.59. The van der Waals surface area contributed by atoms with E-state index < -0.39 is 0 Å². The van der Waals surface area contributed by atoms with Crippen LogP contribution in [0.25, 0.3) is 22.3 Å². The summed E-state index contributed by atoms with van der Waals surface area (Å²) >= 11 is 0. The quantitative estimate of drug-likeness (QED) is 0.614. The number of hydrogen-bond donors (Lipinski definition) is 1. The molecule has 1 aromatic heterocycles. The van der Waals surface area contributed by atoms with Crippen LogP contribution in [0.5, 0.6) is 5.75 Å². The first-order valence-corrected chi connectivity index (χ1v) is 10.5. The standard InChI is InChI=1S/C24H27FN2O3/c1-15(2)29-21-13-18-20(14-19(21)27-11-5-4-6-12-27)30-23(22(18)24(28)26-3)16-7-9-17(25)10-8-16/h7-10,13-15H,4-6,11-12H2,1-3H3,(H,26,28). The SMILES string of the molecule is CNC(=O)c1c(-c2ccc(F)cc2)oc2cc(N3CCCCC3)c(OC(C)C)cc12. The number of rotatable bonds is 5. The Balaban J connectivity index is 1.93. The molecule has 0 radical (unpaired) electrons. The van der Waals surface area contributed by atoms with Crippen LogP contribution in [-0.4, -0.2) is 32.1 Å². The Morgan fingerprint density at radius 2 is 1.83 bits per heavy atom. The second-order valence-corrected chi connectivity index (χ2v) is 7.92. The number of ether oxygens (including phenoxy) is 1. The molecule has 6 heteroatoms. The van der Waals surface area contributed by atoms with Crippen LogP contribution in [0.15, 0.2) is 40.8 Å². The number of fused-ring (bicyclic) bond motifs is 1. The Hall–Kier alpha value is -3.02. The second kappa shape index (κ2) is 8.38. The summed E-state index contributed by atoms with van der Waals surface area (Å²) in [4.78, 5) is 15.1. The number of halogens is 1. The molecule has 30 heavy (non-hydrogen) atoms. The number of hydrogen-bond acceptors (Lipinski definition) is 4. The monoisotopic (exact) mass is 410 g/mol. The van der Waals surface area contributed by atoms with Gasteiger partial charge < -0.3 is 19.4 Å². The van der Waals surface area contributed by atoms with Gasteiger partial charge in [0.05, 0.1) is 17.4 Å². The molecule has 3 aromatic rings. The van der Waals surface area contributed by atoms with E-state index in [1.54, 1.807) is 19.2 Å². The van der Waals surface area contributed by atoms with Crippen molar-refractivity contribution in [1.82, 2.24) is 5.32 Å². The van der Waals surface area contributed by atoms with Crippen LogP contribution >= 0.6 is 0 Å². The molecule has 0 atom stereocenters. The van der Waals surface area contributed by atoms with Crippen LogP contribution in [0.3, 0.4) is 0 Å². The number of benzene rings is 2. The molecule has 2 heterocycles. The maximum absolute atomic E-state index is 13.4. The third kappa shape index (κ3) is 3.86. The van der Waals surface area contributed by atoms with Crippen LogP contribution in [0.2, 0.25) is 0 Å². The van der Waals surface area contributed by atoms with E-state index in [9.17, 15) is 9.18 Å². The van der Waals surface area contributed by atoms with E-state index >= 15 is 0 Å². The average Bonchev–Trinajstić information content (AvgIpc) is 3.11. The molecule has 1 amide bonds. The van der Waals surface area contributed by atoms with Gasteiger partial charge in [-0.3, -0.25) is 4.79 Å². The zero-order valence-corrected chi connectivity index (χ0v) is 17.6. The molecule has 0 spiro atoms. The van der Waals surface area contributed by atoms with Gasteiger partial charge in [-0.2, -0.15) is 0 Å². The van der Waals surface area contributed by atoms with Crippen molar-refractivity contribution in [3.63, 3.8) is 0 Å². The molecule has 4 rings (SSSR count). The average molecular weight is 410 g/mol. The predicted molar refractivity (Wildman–Crippen MR) is 117 cm³/mol. The lowest BCUT2D eigenvalue weighted by molar-refractivity contribution is 0.0964. The van der Waals surface area contributed by atoms with Gasteiger partial charge in [-0.25, -0.2) is 4.39 Å². The van der Waals surface area contributed by atoms with Crippen LogP contribution in [0, 0.1) is 5.82 Å². The van der Waals surface area contributed by atoms with Crippen molar-refractivity contribution in [2.75, 3.05) is 25.0 Å². The molecule has 1 aliphatic heterocycles. The number of amides is 1. The highest BCUT2D eigenvalue weighted by atomic mass is 19.1. The topological polar surface area (TPSA) is 54.7 Å². The second-order valence-electron chi connectivity index (χ2n) is 7.92. The fourth-order valence-electron chi connectivity index (χ4n) is 4.00. The number of carbonyl (C=O) groups is 1. The third-order valence-electron chi connectivity index (χ3n) is 5.39. The summed E-state index contributed by atoms with van der Waals surface area (Å²) in [6.07, 6.45) is 3.51. The Labute approximate surface area is 175 Å². The van der Waals surface area contributed by atoms with Gasteiger partial charge in [0.2, 0.25) is 0 Å². The minimum Gasteiger partial charge on any atom is -0.489 e. The summed E-state index contributed by atoms with van der Waals surface area (Å²) in [6, 6.07) is 9.84. The lowest BCUT2D eigenvalue weighted by Gasteiger charge is -2.30. The molecular formula is C24H27FN2O3. The fourth-order valence-corrected chi connectivity index (χ4v) is 4.00. The van der Waals surface area contributed by atoms with Gasteiger partial charge in [0.1, 0.15) is 22.9 Å². The van der Waals surface area contributed by atoms with Crippen LogP contribution in [0.1, 0.15) is 43.5 Å². The van der Waals surface area contributed by atoms with Gasteiger partial charge in [-0.05, 0) is 63.4 Å². The van der Waals surface area contributed by atoms with Crippen molar-refractivity contribution in [3.05, 3.63) is 47.8 Å². The zero-order valence-electron chi connectivity index (χ0n) is 17.6. The summed E-state index contributed by atoms with van der Waals surface area (Å²) in [6.45, 7) is 5.91. The molecule has 2 aromatic carbocycles. The summed E-state index contributed by atoms with van der Waals surface area (Å²) in [5.41, 5.74) is 2.68. The van der Waals surface area contributed by atoms with E-state index in [0.29, 0.717) is 27.9 Å². The van der Waals surface area contributed by atoms with Gasteiger partial charge in [0.25, 0.3) is 5.91 Å². The lowest BCUT2D eigenvalue weighted by Crippen LogP contribution is -2.30. The maximum atomic E-state index is 13.4. The lowest BCUT2D eigenvalue weighted by atomic mass is 10.0. The van der Waals surface area contributed by atoms with Crippen LogP contribution < -0.4 is 15.0 Å². The normalized spacial score (nSPS) is 14.4. The Morgan fingerprint density at radius 1 is 1.13 bits per heavy atom. The van der Waals surface area contributed by atoms with E-state index in [2.05, 4.69) is 10.2 Å². The van der Waals surface area contributed by atoms with E-state index in [1.165, 1.54) is 18.6 Å². The van der Waals surface area contributed by atoms with Gasteiger partial charge in [-0.15, -0.1) is 0 Å². The molecule has 1 saturated heterocycles. The van der Waals surface area contributed by atoms with Crippen molar-refractivity contribution in [2.24, 2.45) is 0 Å². The predicted octanol–water partition coefficient (Wildman–Crippen LogP) is 5.38. The van der Waals surface area contributed by atoms with Gasteiger partial charge in [-0.1, -0.05) is 0 Å². The Kier molecular flexibility index (Phi) is 5.66. The van der Waals surface area contributed by atoms with Crippen molar-refractivity contribution in [1.29, 1.82) is 0 Å². The van der Waals surface area contributed by atoms with Crippen molar-refractivity contribution >= 4 is 22.6 Å². The molecule has 1 N–H and O–H groups in total. The first-order chi connectivity index (χ1) is 14.5. The highest BCUT2D eigenvalue weighted by molar-refractivity contribution is 6.12. The first kappa shape index (κ1) is 20.3. The Bertz CT molecular complexity index is 1050. The van der Waals surface area contributed by atoms with E-state index in [1.807, 2.05) is 26.0 Å². The highest BCUT2D eigenvalue weighted by Crippen LogP contribution is 2.41. The van der Waals surface area contributed by atoms with E-state index in [-0.39, 0.29) is 17.8 Å². The number of nitrogens with zero attached hydrogens (tertiary/aromatic N) is 1. The molecule has 0 aliphatic carbocycles. The maximum Gasteiger partial charge on any atom is 0.255 e. The zero-order chi connectivity index (χ0) is 21.3. The molecule has 5 nitrogen and oxygen atoms in total. The fraction of sp³-hybridized carbons (Fsp3) is 0.375. The van der Waals surface area contributed by atoms with Gasteiger partial charge in [0, 0.05) is 37.2 Å². The molecule has 1 fully saturated rings. The minimum atomic E-state index is -0.337. The van der Waals surface area contributed by atoms with Crippen molar-refractivity contribution in [2.45, 2.75) is 39.2 Å². The van der Waals surface area contributed by atoms with Crippen LogP contribution in [-0.2, 0) is 0 Å². The van der Waals surface area contributed by atoms with Crippen molar-refractivity contribution < 1.29 is 18.3 Å². The van der Waals surface area contributed by atoms with Crippen LogP contribution in [0.4, 0.5) is 10.1 Å². The first-order valence-electron chi connectivity index (χ1n) is 10.5.